The number of nitrogens with zero attached hydrogens (tertiary/aromatic N) is 1. The van der Waals surface area contributed by atoms with E-state index < -0.39 is 0 Å². The first-order valence-electron chi connectivity index (χ1n) is 12.7. The molecule has 1 N–H and O–H groups in total. The zero-order valence-corrected chi connectivity index (χ0v) is 19.6. The number of hydrogen-bond donors (Lipinski definition) is 1. The Morgan fingerprint density at radius 1 is 0.971 bits per heavy atom. The summed E-state index contributed by atoms with van der Waals surface area (Å²) in [4.78, 5) is 15.0. The quantitative estimate of drug-likeness (QED) is 0.527. The van der Waals surface area contributed by atoms with E-state index in [-0.39, 0.29) is 12.0 Å². The van der Waals surface area contributed by atoms with Crippen LogP contribution in [0.5, 0.6) is 0 Å². The zero-order valence-electron chi connectivity index (χ0n) is 19.6. The van der Waals surface area contributed by atoms with Crippen molar-refractivity contribution in [2.24, 2.45) is 0 Å². The number of fused-ring (bicyclic) bond motifs is 4. The van der Waals surface area contributed by atoms with Gasteiger partial charge in [0, 0.05) is 18.7 Å². The number of piperidine rings is 1. The van der Waals surface area contributed by atoms with Crippen LogP contribution in [0.25, 0.3) is 16.3 Å². The van der Waals surface area contributed by atoms with E-state index in [1.807, 2.05) is 17.0 Å². The molecule has 3 aromatic carbocycles. The summed E-state index contributed by atoms with van der Waals surface area (Å²) < 4.78 is 0. The van der Waals surface area contributed by atoms with Gasteiger partial charge in [-0.2, -0.15) is 0 Å². The number of aryl methyl sites for hydroxylation is 1. The highest BCUT2D eigenvalue weighted by Crippen LogP contribution is 2.41. The molecule has 1 saturated heterocycles. The second-order valence-electron chi connectivity index (χ2n) is 9.97. The normalized spacial score (nSPS) is 18.2. The van der Waals surface area contributed by atoms with Gasteiger partial charge in [0.1, 0.15) is 0 Å². The van der Waals surface area contributed by atoms with Crippen molar-refractivity contribution in [3.63, 3.8) is 0 Å². The highest BCUT2D eigenvalue weighted by atomic mass is 16.3. The SMILES string of the molecule is O=C(c1cccc(Cc2cccc3ccc4c(c23)CCC2=C4C=CCC2)c1)N1CCC(O)CC1. The number of likely N-dealkylation sites (tertiary alicyclic amines) is 1. The number of carbonyl (C=O) groups excluding carboxylic acids is 1. The van der Waals surface area contributed by atoms with Crippen LogP contribution in [0, 0.1) is 0 Å². The van der Waals surface area contributed by atoms with Crippen molar-refractivity contribution < 1.29 is 9.90 Å². The van der Waals surface area contributed by atoms with Gasteiger partial charge in [0.15, 0.2) is 0 Å². The number of aliphatic hydroxyl groups is 1. The molecule has 0 aromatic heterocycles. The molecule has 3 heteroatoms. The predicted molar refractivity (Wildman–Crippen MR) is 138 cm³/mol. The average molecular weight is 450 g/mol. The summed E-state index contributed by atoms with van der Waals surface area (Å²) in [7, 11) is 0. The molecule has 172 valence electrons. The minimum absolute atomic E-state index is 0.0765. The molecule has 0 saturated carbocycles. The van der Waals surface area contributed by atoms with Gasteiger partial charge in [-0.3, -0.25) is 4.79 Å². The van der Waals surface area contributed by atoms with Crippen LogP contribution in [-0.4, -0.2) is 35.1 Å². The summed E-state index contributed by atoms with van der Waals surface area (Å²) in [6.07, 6.45) is 11.2. The fourth-order valence-electron chi connectivity index (χ4n) is 6.01. The van der Waals surface area contributed by atoms with Crippen molar-refractivity contribution in [1.82, 2.24) is 4.90 Å². The third-order valence-electron chi connectivity index (χ3n) is 7.80. The molecule has 1 amide bonds. The molecule has 1 fully saturated rings. The molecular formula is C31H31NO2. The first-order chi connectivity index (χ1) is 16.7. The van der Waals surface area contributed by atoms with E-state index in [0.717, 1.165) is 24.8 Å². The molecule has 3 nitrogen and oxygen atoms in total. The first kappa shape index (κ1) is 21.4. The van der Waals surface area contributed by atoms with E-state index in [0.29, 0.717) is 25.9 Å². The van der Waals surface area contributed by atoms with E-state index in [4.69, 9.17) is 0 Å². The Kier molecular flexibility index (Phi) is 5.58. The Labute approximate surface area is 201 Å². The number of amides is 1. The Balaban J connectivity index is 1.34. The molecule has 34 heavy (non-hydrogen) atoms. The molecule has 3 aliphatic rings. The van der Waals surface area contributed by atoms with Crippen LogP contribution in [0.2, 0.25) is 0 Å². The first-order valence-corrected chi connectivity index (χ1v) is 12.7. The van der Waals surface area contributed by atoms with Crippen LogP contribution in [0.3, 0.4) is 0 Å². The van der Waals surface area contributed by atoms with Crippen LogP contribution in [0.15, 0.2) is 72.3 Å². The molecule has 2 aliphatic carbocycles. The van der Waals surface area contributed by atoms with Crippen molar-refractivity contribution in [3.8, 4) is 0 Å². The fourth-order valence-corrected chi connectivity index (χ4v) is 6.01. The second-order valence-corrected chi connectivity index (χ2v) is 9.97. The topological polar surface area (TPSA) is 40.5 Å². The van der Waals surface area contributed by atoms with E-state index in [9.17, 15) is 9.90 Å². The Morgan fingerprint density at radius 2 is 1.82 bits per heavy atom. The van der Waals surface area contributed by atoms with Crippen LogP contribution in [0.4, 0.5) is 0 Å². The van der Waals surface area contributed by atoms with Crippen LogP contribution < -0.4 is 0 Å². The summed E-state index contributed by atoms with van der Waals surface area (Å²) in [5.41, 5.74) is 9.21. The molecule has 0 unspecified atom stereocenters. The fraction of sp³-hybridized carbons (Fsp3) is 0.323. The van der Waals surface area contributed by atoms with Crippen molar-refractivity contribution in [2.45, 2.75) is 51.0 Å². The van der Waals surface area contributed by atoms with E-state index in [1.165, 1.54) is 51.4 Å². The minimum Gasteiger partial charge on any atom is -0.393 e. The summed E-state index contributed by atoms with van der Waals surface area (Å²) >= 11 is 0. The molecule has 1 heterocycles. The zero-order chi connectivity index (χ0) is 23.1. The van der Waals surface area contributed by atoms with Gasteiger partial charge in [0.25, 0.3) is 5.91 Å². The number of hydrogen-bond acceptors (Lipinski definition) is 2. The van der Waals surface area contributed by atoms with Crippen molar-refractivity contribution in [2.75, 3.05) is 13.1 Å². The van der Waals surface area contributed by atoms with Crippen molar-refractivity contribution in [1.29, 1.82) is 0 Å². The van der Waals surface area contributed by atoms with Gasteiger partial charge in [0.05, 0.1) is 6.10 Å². The van der Waals surface area contributed by atoms with Gasteiger partial charge in [0.2, 0.25) is 0 Å². The maximum Gasteiger partial charge on any atom is 0.253 e. The van der Waals surface area contributed by atoms with E-state index >= 15 is 0 Å². The molecule has 0 spiro atoms. The predicted octanol–water partition coefficient (Wildman–Crippen LogP) is 6.08. The highest BCUT2D eigenvalue weighted by Gasteiger charge is 2.24. The van der Waals surface area contributed by atoms with Crippen LogP contribution in [0.1, 0.15) is 64.7 Å². The lowest BCUT2D eigenvalue weighted by molar-refractivity contribution is 0.0546. The number of aliphatic hydroxyl groups excluding tert-OH is 1. The van der Waals surface area contributed by atoms with Gasteiger partial charge in [-0.05, 0) is 95.7 Å². The maximum atomic E-state index is 13.1. The van der Waals surface area contributed by atoms with Crippen molar-refractivity contribution >= 4 is 22.3 Å². The lowest BCUT2D eigenvalue weighted by atomic mass is 9.78. The number of allylic oxidation sites excluding steroid dienone is 4. The Bertz CT molecular complexity index is 1320. The Hall–Kier alpha value is -3.17. The van der Waals surface area contributed by atoms with Crippen LogP contribution in [-0.2, 0) is 12.8 Å². The summed E-state index contributed by atoms with van der Waals surface area (Å²) in [6, 6.07) is 19.4. The molecular weight excluding hydrogens is 418 g/mol. The second kappa shape index (κ2) is 8.88. The third kappa shape index (κ3) is 3.88. The smallest absolute Gasteiger partial charge is 0.253 e. The van der Waals surface area contributed by atoms with Crippen LogP contribution >= 0.6 is 0 Å². The number of benzene rings is 3. The number of rotatable bonds is 3. The molecule has 1 aliphatic heterocycles. The lowest BCUT2D eigenvalue weighted by Crippen LogP contribution is -2.40. The summed E-state index contributed by atoms with van der Waals surface area (Å²) in [6.45, 7) is 1.26. The molecule has 0 radical (unpaired) electrons. The summed E-state index contributed by atoms with van der Waals surface area (Å²) in [5, 5.41) is 12.5. The molecule has 0 bridgehead atoms. The highest BCUT2D eigenvalue weighted by molar-refractivity contribution is 5.96. The number of carbonyl (C=O) groups is 1. The van der Waals surface area contributed by atoms with Gasteiger partial charge in [-0.1, -0.05) is 60.2 Å². The van der Waals surface area contributed by atoms with Gasteiger partial charge in [-0.25, -0.2) is 0 Å². The Morgan fingerprint density at radius 3 is 2.71 bits per heavy atom. The summed E-state index contributed by atoms with van der Waals surface area (Å²) in [5.74, 6) is 0.0765. The van der Waals surface area contributed by atoms with Gasteiger partial charge in [-0.15, -0.1) is 0 Å². The third-order valence-corrected chi connectivity index (χ3v) is 7.80. The largest absolute Gasteiger partial charge is 0.393 e. The van der Waals surface area contributed by atoms with Crippen molar-refractivity contribution in [3.05, 3.63) is 100 Å². The van der Waals surface area contributed by atoms with Gasteiger partial charge < -0.3 is 10.0 Å². The molecule has 0 atom stereocenters. The monoisotopic (exact) mass is 449 g/mol. The lowest BCUT2D eigenvalue weighted by Gasteiger charge is -2.29. The minimum atomic E-state index is -0.274. The van der Waals surface area contributed by atoms with E-state index in [2.05, 4.69) is 54.6 Å². The van der Waals surface area contributed by atoms with E-state index in [1.54, 1.807) is 5.57 Å². The standard InChI is InChI=1S/C31H31NO2/c33-26-15-17-32(18-16-26)31(34)25-9-3-5-21(20-25)19-24-8-4-7-23-12-13-28-27-10-2-1-6-22(27)11-14-29(28)30(23)24/h2-5,7-10,12-13,20,26,33H,1,6,11,14-19H2. The average Bonchev–Trinajstić information content (AvgIpc) is 2.88. The molecule has 3 aromatic rings. The molecule has 6 rings (SSSR count). The maximum absolute atomic E-state index is 13.1. The van der Waals surface area contributed by atoms with Gasteiger partial charge >= 0.3 is 0 Å².